The predicted octanol–water partition coefficient (Wildman–Crippen LogP) is 4.47. The molecule has 0 saturated heterocycles. The van der Waals surface area contributed by atoms with Crippen molar-refractivity contribution in [1.29, 1.82) is 0 Å². The molecule has 33 heavy (non-hydrogen) atoms. The van der Waals surface area contributed by atoms with Crippen LogP contribution in [0.25, 0.3) is 22.3 Å². The summed E-state index contributed by atoms with van der Waals surface area (Å²) in [7, 11) is 4.09. The third-order valence-corrected chi connectivity index (χ3v) is 5.04. The average Bonchev–Trinajstić information content (AvgIpc) is 3.26. The topological polar surface area (TPSA) is 106 Å². The third kappa shape index (κ3) is 3.75. The lowest BCUT2D eigenvalue weighted by molar-refractivity contribution is 0.174. The van der Waals surface area contributed by atoms with Gasteiger partial charge in [0.05, 0.1) is 27.6 Å². The molecule has 9 nitrogen and oxygen atoms in total. The summed E-state index contributed by atoms with van der Waals surface area (Å²) in [6, 6.07) is 5.08. The first-order valence-corrected chi connectivity index (χ1v) is 10.2. The van der Waals surface area contributed by atoms with Crippen LogP contribution in [0.2, 0.25) is 0 Å². The molecule has 0 unspecified atom stereocenters. The fraction of sp³-hybridized carbons (Fsp3) is 0.292. The van der Waals surface area contributed by atoms with E-state index in [1.807, 2.05) is 19.9 Å². The average molecular weight is 456 g/mol. The van der Waals surface area contributed by atoms with Gasteiger partial charge in [-0.3, -0.25) is 4.79 Å². The molecule has 0 amide bonds. The molecule has 2 aromatic carbocycles. The number of rotatable bonds is 7. The number of benzene rings is 2. The van der Waals surface area contributed by atoms with Crippen molar-refractivity contribution in [3.63, 3.8) is 0 Å². The van der Waals surface area contributed by atoms with E-state index in [0.29, 0.717) is 17.1 Å². The third-order valence-electron chi connectivity index (χ3n) is 5.04. The Balaban J connectivity index is 2.03. The van der Waals surface area contributed by atoms with Crippen LogP contribution in [0.15, 0.2) is 39.7 Å². The molecule has 174 valence electrons. The SMILES string of the molecule is COc1c(OC=CC(C)C)c(OC)c2oc(-c3ccc4c(c3)OCO4)c(OC)c(=O)c2c1O. The molecule has 0 saturated carbocycles. The quantitative estimate of drug-likeness (QED) is 0.516. The van der Waals surface area contributed by atoms with Crippen molar-refractivity contribution in [3.05, 3.63) is 40.8 Å². The molecule has 0 fully saturated rings. The first-order valence-electron chi connectivity index (χ1n) is 10.2. The first-order chi connectivity index (χ1) is 15.9. The number of hydrogen-bond acceptors (Lipinski definition) is 9. The second-order valence-electron chi connectivity index (χ2n) is 7.50. The van der Waals surface area contributed by atoms with E-state index < -0.39 is 11.2 Å². The van der Waals surface area contributed by atoms with Crippen LogP contribution in [0.1, 0.15) is 13.8 Å². The summed E-state index contributed by atoms with van der Waals surface area (Å²) in [4.78, 5) is 13.4. The first kappa shape index (κ1) is 22.2. The van der Waals surface area contributed by atoms with Crippen LogP contribution in [-0.2, 0) is 0 Å². The van der Waals surface area contributed by atoms with Gasteiger partial charge >= 0.3 is 0 Å². The fourth-order valence-electron chi connectivity index (χ4n) is 3.48. The number of fused-ring (bicyclic) bond motifs is 2. The molecule has 0 bridgehead atoms. The van der Waals surface area contributed by atoms with Crippen LogP contribution >= 0.6 is 0 Å². The molecule has 0 atom stereocenters. The van der Waals surface area contributed by atoms with Gasteiger partial charge < -0.3 is 37.9 Å². The van der Waals surface area contributed by atoms with Gasteiger partial charge in [-0.1, -0.05) is 13.8 Å². The van der Waals surface area contributed by atoms with Gasteiger partial charge in [0, 0.05) is 5.56 Å². The van der Waals surface area contributed by atoms with Gasteiger partial charge in [0.25, 0.3) is 0 Å². The fourth-order valence-corrected chi connectivity index (χ4v) is 3.48. The van der Waals surface area contributed by atoms with E-state index in [0.717, 1.165) is 0 Å². The second-order valence-corrected chi connectivity index (χ2v) is 7.50. The van der Waals surface area contributed by atoms with Gasteiger partial charge in [-0.25, -0.2) is 0 Å². The van der Waals surface area contributed by atoms with Crippen LogP contribution in [0.5, 0.6) is 40.2 Å². The summed E-state index contributed by atoms with van der Waals surface area (Å²) in [6.07, 6.45) is 3.26. The molecule has 2 heterocycles. The number of hydrogen-bond donors (Lipinski definition) is 1. The standard InChI is InChI=1S/C24H24O9/c1-12(2)8-9-30-24-22(28-4)18(26)16-17(25)21(27-3)19(33-20(16)23(24)29-5)13-6-7-14-15(10-13)32-11-31-14/h6-10,12,26H,11H2,1-5H3. The van der Waals surface area contributed by atoms with Gasteiger partial charge in [0.15, 0.2) is 28.6 Å². The van der Waals surface area contributed by atoms with Gasteiger partial charge in [-0.15, -0.1) is 0 Å². The van der Waals surface area contributed by atoms with Crippen molar-refractivity contribution in [2.75, 3.05) is 28.1 Å². The molecule has 1 aliphatic heterocycles. The molecule has 3 aromatic rings. The van der Waals surface area contributed by atoms with Gasteiger partial charge in [-0.2, -0.15) is 0 Å². The van der Waals surface area contributed by atoms with E-state index >= 15 is 0 Å². The van der Waals surface area contributed by atoms with Gasteiger partial charge in [0.2, 0.25) is 35.2 Å². The Hall–Kier alpha value is -4.01. The molecular formula is C24H24O9. The number of phenols is 1. The summed E-state index contributed by atoms with van der Waals surface area (Å²) in [5.74, 6) is 0.938. The lowest BCUT2D eigenvalue weighted by Gasteiger charge is -2.17. The molecule has 1 aromatic heterocycles. The van der Waals surface area contributed by atoms with Crippen molar-refractivity contribution < 1.29 is 37.9 Å². The highest BCUT2D eigenvalue weighted by atomic mass is 16.7. The Kier molecular flexibility index (Phi) is 5.95. The normalized spacial score (nSPS) is 12.5. The number of ether oxygens (including phenoxy) is 6. The van der Waals surface area contributed by atoms with Gasteiger partial charge in [0.1, 0.15) is 5.39 Å². The van der Waals surface area contributed by atoms with Crippen LogP contribution < -0.4 is 33.8 Å². The molecule has 1 N–H and O–H groups in total. The minimum absolute atomic E-state index is 0.0257. The maximum atomic E-state index is 13.4. The molecule has 0 aliphatic carbocycles. The largest absolute Gasteiger partial charge is 0.504 e. The monoisotopic (exact) mass is 456 g/mol. The summed E-state index contributed by atoms with van der Waals surface area (Å²) < 4.78 is 38.9. The number of phenolic OH excluding ortho intramolecular Hbond substituents is 1. The van der Waals surface area contributed by atoms with Crippen LogP contribution in [0.3, 0.4) is 0 Å². The summed E-state index contributed by atoms with van der Waals surface area (Å²) >= 11 is 0. The van der Waals surface area contributed by atoms with E-state index in [1.54, 1.807) is 18.2 Å². The Morgan fingerprint density at radius 1 is 0.970 bits per heavy atom. The minimum atomic E-state index is -0.607. The highest BCUT2D eigenvalue weighted by Crippen LogP contribution is 2.51. The van der Waals surface area contributed by atoms with E-state index in [4.69, 9.17) is 32.8 Å². The Morgan fingerprint density at radius 3 is 2.33 bits per heavy atom. The number of allylic oxidation sites excluding steroid dienone is 1. The van der Waals surface area contributed by atoms with Crippen molar-refractivity contribution in [2.45, 2.75) is 13.8 Å². The molecule has 0 radical (unpaired) electrons. The maximum Gasteiger partial charge on any atom is 0.239 e. The molecule has 1 aliphatic rings. The zero-order valence-corrected chi connectivity index (χ0v) is 18.9. The van der Waals surface area contributed by atoms with Gasteiger partial charge in [-0.05, 0) is 30.2 Å². The summed E-state index contributed by atoms with van der Waals surface area (Å²) in [6.45, 7) is 4.06. The van der Waals surface area contributed by atoms with E-state index in [1.165, 1.54) is 27.6 Å². The van der Waals surface area contributed by atoms with E-state index in [-0.39, 0.29) is 52.4 Å². The van der Waals surface area contributed by atoms with Crippen LogP contribution in [0.4, 0.5) is 0 Å². The van der Waals surface area contributed by atoms with Crippen molar-refractivity contribution in [3.8, 4) is 51.6 Å². The van der Waals surface area contributed by atoms with E-state index in [9.17, 15) is 9.90 Å². The lowest BCUT2D eigenvalue weighted by Crippen LogP contribution is -2.09. The predicted molar refractivity (Wildman–Crippen MR) is 120 cm³/mol. The van der Waals surface area contributed by atoms with Crippen molar-refractivity contribution in [1.82, 2.24) is 0 Å². The van der Waals surface area contributed by atoms with Crippen molar-refractivity contribution in [2.24, 2.45) is 5.92 Å². The summed E-state index contributed by atoms with van der Waals surface area (Å²) in [5.41, 5.74) is -0.123. The molecule has 9 heteroatoms. The zero-order chi connectivity index (χ0) is 23.7. The van der Waals surface area contributed by atoms with Crippen LogP contribution in [0, 0.1) is 5.92 Å². The molecular weight excluding hydrogens is 432 g/mol. The molecule has 0 spiro atoms. The Bertz CT molecular complexity index is 1290. The number of methoxy groups -OCH3 is 3. The highest BCUT2D eigenvalue weighted by molar-refractivity contribution is 5.96. The minimum Gasteiger partial charge on any atom is -0.504 e. The maximum absolute atomic E-state index is 13.4. The smallest absolute Gasteiger partial charge is 0.239 e. The highest BCUT2D eigenvalue weighted by Gasteiger charge is 2.30. The Morgan fingerprint density at radius 2 is 1.67 bits per heavy atom. The number of aromatic hydroxyl groups is 1. The Labute approximate surface area is 189 Å². The van der Waals surface area contributed by atoms with Crippen molar-refractivity contribution >= 4 is 11.0 Å². The summed E-state index contributed by atoms with van der Waals surface area (Å²) in [5, 5.41) is 10.7. The lowest BCUT2D eigenvalue weighted by atomic mass is 10.1. The zero-order valence-electron chi connectivity index (χ0n) is 18.9. The van der Waals surface area contributed by atoms with E-state index in [2.05, 4.69) is 0 Å². The van der Waals surface area contributed by atoms with Crippen LogP contribution in [-0.4, -0.2) is 33.2 Å². The molecule has 4 rings (SSSR count). The second kappa shape index (κ2) is 8.85.